The third-order valence-corrected chi connectivity index (χ3v) is 3.14. The minimum Gasteiger partial charge on any atom is -0.309 e. The molecule has 1 aromatic heterocycles. The second-order valence-corrected chi connectivity index (χ2v) is 4.91. The molecular weight excluding hydrogens is 198 g/mol. The zero-order valence-corrected chi connectivity index (χ0v) is 10.4. The Bertz CT molecular complexity index is 341. The molecule has 0 amide bonds. The predicted molar refractivity (Wildman–Crippen MR) is 66.3 cm³/mol. The first kappa shape index (κ1) is 11.6. The Kier molecular flexibility index (Phi) is 3.56. The number of nitrogens with one attached hydrogen (secondary N) is 1. The number of hydrogen-bond acceptors (Lipinski definition) is 3. The Morgan fingerprint density at radius 3 is 2.69 bits per heavy atom. The molecule has 2 rings (SSSR count). The normalized spacial score (nSPS) is 26.9. The van der Waals surface area contributed by atoms with Crippen LogP contribution < -0.4 is 5.32 Å². The first-order chi connectivity index (χ1) is 7.65. The maximum Gasteiger partial charge on any atom is 0.0417 e. The highest BCUT2D eigenvalue weighted by molar-refractivity contribution is 5.18. The number of pyridine rings is 1. The van der Waals surface area contributed by atoms with Crippen LogP contribution in [0.15, 0.2) is 18.3 Å². The van der Waals surface area contributed by atoms with E-state index in [9.17, 15) is 0 Å². The summed E-state index contributed by atoms with van der Waals surface area (Å²) in [5, 5.41) is 3.55. The summed E-state index contributed by atoms with van der Waals surface area (Å²) in [6, 6.07) is 5.37. The third-order valence-electron chi connectivity index (χ3n) is 3.14. The minimum absolute atomic E-state index is 0.584. The first-order valence-corrected chi connectivity index (χ1v) is 6.04. The topological polar surface area (TPSA) is 28.2 Å². The van der Waals surface area contributed by atoms with Crippen LogP contribution in [0.25, 0.3) is 0 Å². The van der Waals surface area contributed by atoms with Crippen LogP contribution in [0.3, 0.4) is 0 Å². The lowest BCUT2D eigenvalue weighted by molar-refractivity contribution is 0.166. The molecule has 0 aliphatic carbocycles. The monoisotopic (exact) mass is 219 g/mol. The zero-order valence-electron chi connectivity index (χ0n) is 10.4. The molecule has 1 N–H and O–H groups in total. The largest absolute Gasteiger partial charge is 0.309 e. The first-order valence-electron chi connectivity index (χ1n) is 6.04. The van der Waals surface area contributed by atoms with E-state index in [1.807, 2.05) is 12.3 Å². The molecule has 1 fully saturated rings. The van der Waals surface area contributed by atoms with Crippen LogP contribution in [-0.2, 0) is 6.54 Å². The molecular formula is C13H21N3. The highest BCUT2D eigenvalue weighted by Gasteiger charge is 2.21. The van der Waals surface area contributed by atoms with Crippen molar-refractivity contribution in [2.75, 3.05) is 13.1 Å². The molecule has 2 heterocycles. The van der Waals surface area contributed by atoms with Gasteiger partial charge in [0.25, 0.3) is 0 Å². The van der Waals surface area contributed by atoms with E-state index in [1.165, 1.54) is 5.56 Å². The van der Waals surface area contributed by atoms with Crippen molar-refractivity contribution in [1.82, 2.24) is 15.2 Å². The van der Waals surface area contributed by atoms with Gasteiger partial charge in [-0.3, -0.25) is 9.88 Å². The Morgan fingerprint density at radius 2 is 2.06 bits per heavy atom. The van der Waals surface area contributed by atoms with E-state index >= 15 is 0 Å². The van der Waals surface area contributed by atoms with Crippen molar-refractivity contribution >= 4 is 0 Å². The molecule has 1 aliphatic rings. The fourth-order valence-electron chi connectivity index (χ4n) is 2.49. The van der Waals surface area contributed by atoms with E-state index in [0.29, 0.717) is 12.1 Å². The number of piperazine rings is 1. The lowest BCUT2D eigenvalue weighted by Crippen LogP contribution is -2.53. The summed E-state index contributed by atoms with van der Waals surface area (Å²) in [7, 11) is 0. The maximum absolute atomic E-state index is 4.34. The smallest absolute Gasteiger partial charge is 0.0417 e. The van der Waals surface area contributed by atoms with Gasteiger partial charge in [0.1, 0.15) is 0 Å². The molecule has 88 valence electrons. The lowest BCUT2D eigenvalue weighted by Gasteiger charge is -2.36. The lowest BCUT2D eigenvalue weighted by atomic mass is 10.1. The molecule has 0 aromatic carbocycles. The van der Waals surface area contributed by atoms with E-state index in [2.05, 4.69) is 42.0 Å². The average Bonchev–Trinajstić information content (AvgIpc) is 2.20. The van der Waals surface area contributed by atoms with Crippen LogP contribution in [0.2, 0.25) is 0 Å². The Labute approximate surface area is 97.9 Å². The van der Waals surface area contributed by atoms with Gasteiger partial charge in [-0.05, 0) is 32.4 Å². The van der Waals surface area contributed by atoms with Crippen molar-refractivity contribution in [3.05, 3.63) is 29.6 Å². The summed E-state index contributed by atoms with van der Waals surface area (Å²) in [6.45, 7) is 9.86. The van der Waals surface area contributed by atoms with Crippen molar-refractivity contribution in [1.29, 1.82) is 0 Å². The molecule has 1 aromatic rings. The van der Waals surface area contributed by atoms with Crippen LogP contribution in [0.5, 0.6) is 0 Å². The van der Waals surface area contributed by atoms with Gasteiger partial charge < -0.3 is 5.32 Å². The van der Waals surface area contributed by atoms with Crippen LogP contribution in [-0.4, -0.2) is 35.1 Å². The molecule has 16 heavy (non-hydrogen) atoms. The molecule has 0 radical (unpaired) electrons. The van der Waals surface area contributed by atoms with E-state index < -0.39 is 0 Å². The summed E-state index contributed by atoms with van der Waals surface area (Å²) in [5.41, 5.74) is 2.50. The molecule has 1 aliphatic heterocycles. The quantitative estimate of drug-likeness (QED) is 0.818. The molecule has 0 spiro atoms. The van der Waals surface area contributed by atoms with Crippen molar-refractivity contribution in [3.63, 3.8) is 0 Å². The maximum atomic E-state index is 4.34. The van der Waals surface area contributed by atoms with E-state index in [0.717, 1.165) is 25.3 Å². The van der Waals surface area contributed by atoms with Gasteiger partial charge in [0.05, 0.1) is 0 Å². The second-order valence-electron chi connectivity index (χ2n) is 4.91. The third kappa shape index (κ3) is 2.80. The number of rotatable bonds is 2. The van der Waals surface area contributed by atoms with Crippen molar-refractivity contribution in [2.24, 2.45) is 0 Å². The number of nitrogens with zero attached hydrogens (tertiary/aromatic N) is 2. The van der Waals surface area contributed by atoms with E-state index in [1.54, 1.807) is 0 Å². The van der Waals surface area contributed by atoms with Crippen LogP contribution in [0.1, 0.15) is 25.1 Å². The standard InChI is InChI=1S/C13H21N3/c1-10-7-16(8-11(2)15-10)9-13-5-4-6-14-12(13)3/h4-6,10-11,15H,7-9H2,1-3H3. The molecule has 3 nitrogen and oxygen atoms in total. The van der Waals surface area contributed by atoms with Gasteiger partial charge in [0.2, 0.25) is 0 Å². The van der Waals surface area contributed by atoms with E-state index in [-0.39, 0.29) is 0 Å². The van der Waals surface area contributed by atoms with Crippen molar-refractivity contribution in [2.45, 2.75) is 39.4 Å². The van der Waals surface area contributed by atoms with Crippen molar-refractivity contribution < 1.29 is 0 Å². The highest BCUT2D eigenvalue weighted by Crippen LogP contribution is 2.11. The summed E-state index contributed by atoms with van der Waals surface area (Å²) in [4.78, 5) is 6.85. The van der Waals surface area contributed by atoms with Gasteiger partial charge >= 0.3 is 0 Å². The molecule has 1 saturated heterocycles. The fourth-order valence-corrected chi connectivity index (χ4v) is 2.49. The zero-order chi connectivity index (χ0) is 11.5. The van der Waals surface area contributed by atoms with Gasteiger partial charge in [0.15, 0.2) is 0 Å². The van der Waals surface area contributed by atoms with Gasteiger partial charge in [-0.25, -0.2) is 0 Å². The Hall–Kier alpha value is -0.930. The Morgan fingerprint density at radius 1 is 1.38 bits per heavy atom. The number of hydrogen-bond donors (Lipinski definition) is 1. The fraction of sp³-hybridized carbons (Fsp3) is 0.615. The van der Waals surface area contributed by atoms with Gasteiger partial charge in [-0.15, -0.1) is 0 Å². The highest BCUT2D eigenvalue weighted by atomic mass is 15.2. The SMILES string of the molecule is Cc1ncccc1CN1CC(C)NC(C)C1. The summed E-state index contributed by atoms with van der Waals surface area (Å²) in [5.74, 6) is 0. The molecule has 0 bridgehead atoms. The molecule has 2 atom stereocenters. The summed E-state index contributed by atoms with van der Waals surface area (Å²) >= 11 is 0. The van der Waals surface area contributed by atoms with Gasteiger partial charge in [0, 0.05) is 43.6 Å². The average molecular weight is 219 g/mol. The Balaban J connectivity index is 2.02. The van der Waals surface area contributed by atoms with Crippen LogP contribution >= 0.6 is 0 Å². The summed E-state index contributed by atoms with van der Waals surface area (Å²) in [6.07, 6.45) is 1.86. The van der Waals surface area contributed by atoms with Crippen molar-refractivity contribution in [3.8, 4) is 0 Å². The summed E-state index contributed by atoms with van der Waals surface area (Å²) < 4.78 is 0. The molecule has 3 heteroatoms. The van der Waals surface area contributed by atoms with Crippen LogP contribution in [0.4, 0.5) is 0 Å². The minimum atomic E-state index is 0.584. The molecule has 0 saturated carbocycles. The number of aryl methyl sites for hydroxylation is 1. The number of aromatic nitrogens is 1. The second kappa shape index (κ2) is 4.93. The van der Waals surface area contributed by atoms with Gasteiger partial charge in [-0.1, -0.05) is 6.07 Å². The van der Waals surface area contributed by atoms with E-state index in [4.69, 9.17) is 0 Å². The predicted octanol–water partition coefficient (Wildman–Crippen LogP) is 1.57. The van der Waals surface area contributed by atoms with Gasteiger partial charge in [-0.2, -0.15) is 0 Å². The van der Waals surface area contributed by atoms with Crippen LogP contribution in [0, 0.1) is 6.92 Å². The molecule has 2 unspecified atom stereocenters.